The van der Waals surface area contributed by atoms with Crippen LogP contribution in [-0.2, 0) is 0 Å². The van der Waals surface area contributed by atoms with E-state index in [1.807, 2.05) is 6.34 Å². The van der Waals surface area contributed by atoms with Crippen LogP contribution in [0.25, 0.3) is 0 Å². The SMILES string of the molecule is CCC(C)(C)N1C[C@H]2N=CN[C@@H]2C1. The van der Waals surface area contributed by atoms with Gasteiger partial charge in [0.25, 0.3) is 0 Å². The fourth-order valence-corrected chi connectivity index (χ4v) is 2.05. The molecule has 0 aliphatic carbocycles. The molecule has 1 N–H and O–H groups in total. The Hall–Kier alpha value is -0.570. The standard InChI is InChI=1S/C10H19N3/c1-4-10(2,3)13-5-8-9(6-13)12-7-11-8/h7-9H,4-6H2,1-3H3,(H,11,12)/t8-,9-/m1/s1. The molecule has 0 bridgehead atoms. The predicted octanol–water partition coefficient (Wildman–Crippen LogP) is 0.859. The molecule has 2 heterocycles. The van der Waals surface area contributed by atoms with Crippen molar-refractivity contribution in [2.24, 2.45) is 4.99 Å². The van der Waals surface area contributed by atoms with E-state index in [2.05, 4.69) is 36.0 Å². The number of aliphatic imine (C=N–C) groups is 1. The average molecular weight is 181 g/mol. The van der Waals surface area contributed by atoms with Crippen LogP contribution in [0.15, 0.2) is 4.99 Å². The van der Waals surface area contributed by atoms with Crippen molar-refractivity contribution in [3.8, 4) is 0 Å². The number of hydrogen-bond acceptors (Lipinski definition) is 3. The van der Waals surface area contributed by atoms with Crippen molar-refractivity contribution < 1.29 is 0 Å². The van der Waals surface area contributed by atoms with E-state index >= 15 is 0 Å². The van der Waals surface area contributed by atoms with Crippen LogP contribution in [-0.4, -0.2) is 42.0 Å². The van der Waals surface area contributed by atoms with Crippen LogP contribution in [0, 0.1) is 0 Å². The molecule has 0 amide bonds. The third-order valence-electron chi connectivity index (χ3n) is 3.56. The molecular weight excluding hydrogens is 162 g/mol. The topological polar surface area (TPSA) is 27.6 Å². The Morgan fingerprint density at radius 3 is 2.92 bits per heavy atom. The minimum atomic E-state index is 0.335. The van der Waals surface area contributed by atoms with Gasteiger partial charge in [-0.15, -0.1) is 0 Å². The highest BCUT2D eigenvalue weighted by atomic mass is 15.3. The van der Waals surface area contributed by atoms with E-state index in [0.717, 1.165) is 13.1 Å². The summed E-state index contributed by atoms with van der Waals surface area (Å²) < 4.78 is 0. The normalized spacial score (nSPS) is 33.5. The Labute approximate surface area is 80.2 Å². The monoisotopic (exact) mass is 181 g/mol. The zero-order valence-electron chi connectivity index (χ0n) is 8.75. The molecule has 3 heteroatoms. The molecule has 13 heavy (non-hydrogen) atoms. The Balaban J connectivity index is 2.02. The summed E-state index contributed by atoms with van der Waals surface area (Å²) in [5, 5.41) is 3.31. The molecule has 1 fully saturated rings. The van der Waals surface area contributed by atoms with Gasteiger partial charge in [0.1, 0.15) is 0 Å². The van der Waals surface area contributed by atoms with E-state index in [4.69, 9.17) is 0 Å². The molecule has 2 atom stereocenters. The van der Waals surface area contributed by atoms with E-state index in [0.29, 0.717) is 17.6 Å². The van der Waals surface area contributed by atoms with Crippen LogP contribution in [0.5, 0.6) is 0 Å². The second-order valence-electron chi connectivity index (χ2n) is 4.69. The van der Waals surface area contributed by atoms with Crippen molar-refractivity contribution in [3.63, 3.8) is 0 Å². The van der Waals surface area contributed by atoms with Crippen LogP contribution in [0.1, 0.15) is 27.2 Å². The summed E-state index contributed by atoms with van der Waals surface area (Å²) in [6, 6.07) is 1.08. The number of nitrogens with one attached hydrogen (secondary N) is 1. The van der Waals surface area contributed by atoms with Crippen LogP contribution in [0.2, 0.25) is 0 Å². The van der Waals surface area contributed by atoms with Gasteiger partial charge in [-0.1, -0.05) is 6.92 Å². The summed E-state index contributed by atoms with van der Waals surface area (Å²) in [5.41, 5.74) is 0.335. The average Bonchev–Trinajstić information content (AvgIpc) is 2.61. The highest BCUT2D eigenvalue weighted by Crippen LogP contribution is 2.26. The molecule has 2 rings (SSSR count). The Morgan fingerprint density at radius 2 is 2.31 bits per heavy atom. The second kappa shape index (κ2) is 2.98. The van der Waals surface area contributed by atoms with E-state index in [-0.39, 0.29) is 0 Å². The number of nitrogens with zero attached hydrogens (tertiary/aromatic N) is 2. The van der Waals surface area contributed by atoms with Crippen molar-refractivity contribution in [1.29, 1.82) is 0 Å². The van der Waals surface area contributed by atoms with Gasteiger partial charge < -0.3 is 5.32 Å². The first-order valence-electron chi connectivity index (χ1n) is 5.16. The largest absolute Gasteiger partial charge is 0.370 e. The van der Waals surface area contributed by atoms with Gasteiger partial charge in [0.2, 0.25) is 0 Å². The van der Waals surface area contributed by atoms with Gasteiger partial charge in [-0.3, -0.25) is 9.89 Å². The van der Waals surface area contributed by atoms with E-state index in [9.17, 15) is 0 Å². The van der Waals surface area contributed by atoms with E-state index in [1.54, 1.807) is 0 Å². The number of fused-ring (bicyclic) bond motifs is 1. The smallest absolute Gasteiger partial charge is 0.0857 e. The fourth-order valence-electron chi connectivity index (χ4n) is 2.05. The molecule has 3 nitrogen and oxygen atoms in total. The van der Waals surface area contributed by atoms with Crippen LogP contribution in [0.3, 0.4) is 0 Å². The summed E-state index contributed by atoms with van der Waals surface area (Å²) >= 11 is 0. The Bertz CT molecular complexity index is 222. The first-order valence-corrected chi connectivity index (χ1v) is 5.16. The van der Waals surface area contributed by atoms with Gasteiger partial charge in [0, 0.05) is 18.6 Å². The van der Waals surface area contributed by atoms with Crippen molar-refractivity contribution in [2.45, 2.75) is 44.8 Å². The minimum absolute atomic E-state index is 0.335. The third kappa shape index (κ3) is 1.46. The molecule has 1 saturated heterocycles. The van der Waals surface area contributed by atoms with Crippen LogP contribution in [0.4, 0.5) is 0 Å². The third-order valence-corrected chi connectivity index (χ3v) is 3.56. The lowest BCUT2D eigenvalue weighted by Gasteiger charge is -2.34. The Morgan fingerprint density at radius 1 is 1.54 bits per heavy atom. The van der Waals surface area contributed by atoms with Gasteiger partial charge in [0.05, 0.1) is 18.4 Å². The predicted molar refractivity (Wildman–Crippen MR) is 55.1 cm³/mol. The van der Waals surface area contributed by atoms with Crippen LogP contribution < -0.4 is 5.32 Å². The highest BCUT2D eigenvalue weighted by Gasteiger charge is 2.39. The van der Waals surface area contributed by atoms with Gasteiger partial charge in [-0.05, 0) is 20.3 Å². The first kappa shape index (κ1) is 9.00. The molecular formula is C10H19N3. The summed E-state index contributed by atoms with van der Waals surface area (Å²) in [7, 11) is 0. The van der Waals surface area contributed by atoms with Crippen molar-refractivity contribution >= 4 is 6.34 Å². The summed E-state index contributed by atoms with van der Waals surface area (Å²) in [6.07, 6.45) is 3.07. The maximum Gasteiger partial charge on any atom is 0.0857 e. The molecule has 0 aromatic heterocycles. The molecule has 0 radical (unpaired) electrons. The first-order chi connectivity index (χ1) is 6.13. The van der Waals surface area contributed by atoms with Crippen molar-refractivity contribution in [3.05, 3.63) is 0 Å². The molecule has 0 unspecified atom stereocenters. The maximum absolute atomic E-state index is 4.42. The van der Waals surface area contributed by atoms with E-state index in [1.165, 1.54) is 6.42 Å². The number of likely N-dealkylation sites (tertiary alicyclic amines) is 1. The van der Waals surface area contributed by atoms with Crippen molar-refractivity contribution in [1.82, 2.24) is 10.2 Å². The summed E-state index contributed by atoms with van der Waals surface area (Å²) in [5.74, 6) is 0. The molecule has 2 aliphatic heterocycles. The quantitative estimate of drug-likeness (QED) is 0.684. The lowest BCUT2D eigenvalue weighted by Crippen LogP contribution is -2.43. The molecule has 0 aromatic carbocycles. The maximum atomic E-state index is 4.42. The zero-order valence-corrected chi connectivity index (χ0v) is 8.75. The van der Waals surface area contributed by atoms with E-state index < -0.39 is 0 Å². The molecule has 0 spiro atoms. The van der Waals surface area contributed by atoms with Gasteiger partial charge in [-0.25, -0.2) is 0 Å². The molecule has 74 valence electrons. The zero-order chi connectivity index (χ0) is 9.47. The lowest BCUT2D eigenvalue weighted by atomic mass is 10.00. The Kier molecular flexibility index (Phi) is 2.06. The number of hydrogen-bond donors (Lipinski definition) is 1. The van der Waals surface area contributed by atoms with Gasteiger partial charge >= 0.3 is 0 Å². The highest BCUT2D eigenvalue weighted by molar-refractivity contribution is 5.58. The van der Waals surface area contributed by atoms with Gasteiger partial charge in [-0.2, -0.15) is 0 Å². The minimum Gasteiger partial charge on any atom is -0.370 e. The summed E-state index contributed by atoms with van der Waals surface area (Å²) in [4.78, 5) is 6.97. The fraction of sp³-hybridized carbons (Fsp3) is 0.900. The number of rotatable bonds is 2. The molecule has 2 aliphatic rings. The van der Waals surface area contributed by atoms with Crippen LogP contribution >= 0.6 is 0 Å². The van der Waals surface area contributed by atoms with Gasteiger partial charge in [0.15, 0.2) is 0 Å². The molecule has 0 saturated carbocycles. The molecule has 0 aromatic rings. The lowest BCUT2D eigenvalue weighted by molar-refractivity contribution is 0.145. The summed E-state index contributed by atoms with van der Waals surface area (Å²) in [6.45, 7) is 9.15. The van der Waals surface area contributed by atoms with Crippen molar-refractivity contribution in [2.75, 3.05) is 13.1 Å². The second-order valence-corrected chi connectivity index (χ2v) is 4.69.